The lowest BCUT2D eigenvalue weighted by Gasteiger charge is -2.36. The average Bonchev–Trinajstić information content (AvgIpc) is 2.86. The molecule has 0 radical (unpaired) electrons. The molecule has 0 unspecified atom stereocenters. The maximum absolute atomic E-state index is 6.05. The Morgan fingerprint density at radius 3 is 2.53 bits per heavy atom. The van der Waals surface area contributed by atoms with Gasteiger partial charge in [0.25, 0.3) is 0 Å². The van der Waals surface area contributed by atoms with Gasteiger partial charge in [-0.2, -0.15) is 0 Å². The minimum atomic E-state index is 0.801. The number of piperazine rings is 1. The van der Waals surface area contributed by atoms with Gasteiger partial charge in [-0.05, 0) is 25.1 Å². The summed E-state index contributed by atoms with van der Waals surface area (Å²) in [7, 11) is 0. The topological polar surface area (TPSA) is 19.4 Å². The van der Waals surface area contributed by atoms with E-state index in [1.54, 1.807) is 11.3 Å². The SMILES string of the molecule is Cc1csc(N2CCN(c3cccc(Cl)c3)CC2)n1. The van der Waals surface area contributed by atoms with Gasteiger partial charge in [-0.15, -0.1) is 11.3 Å². The van der Waals surface area contributed by atoms with E-state index in [-0.39, 0.29) is 0 Å². The largest absolute Gasteiger partial charge is 0.368 e. The van der Waals surface area contributed by atoms with Crippen molar-refractivity contribution in [1.82, 2.24) is 4.98 Å². The summed E-state index contributed by atoms with van der Waals surface area (Å²) in [6.07, 6.45) is 0. The molecule has 0 saturated carbocycles. The van der Waals surface area contributed by atoms with E-state index in [2.05, 4.69) is 26.2 Å². The Hall–Kier alpha value is -1.26. The van der Waals surface area contributed by atoms with Crippen LogP contribution >= 0.6 is 22.9 Å². The van der Waals surface area contributed by atoms with Crippen LogP contribution in [-0.4, -0.2) is 31.2 Å². The first kappa shape index (κ1) is 12.8. The highest BCUT2D eigenvalue weighted by atomic mass is 35.5. The number of aryl methyl sites for hydroxylation is 1. The summed E-state index contributed by atoms with van der Waals surface area (Å²) in [6.45, 7) is 6.10. The van der Waals surface area contributed by atoms with Crippen LogP contribution in [0.15, 0.2) is 29.6 Å². The quantitative estimate of drug-likeness (QED) is 0.846. The van der Waals surface area contributed by atoms with Gasteiger partial charge in [0.15, 0.2) is 5.13 Å². The van der Waals surface area contributed by atoms with Crippen molar-refractivity contribution in [3.63, 3.8) is 0 Å². The van der Waals surface area contributed by atoms with Gasteiger partial charge >= 0.3 is 0 Å². The number of halogens is 1. The fourth-order valence-corrected chi connectivity index (χ4v) is 3.36. The van der Waals surface area contributed by atoms with Crippen molar-refractivity contribution < 1.29 is 0 Å². The molecule has 1 aliphatic heterocycles. The number of hydrogen-bond donors (Lipinski definition) is 0. The summed E-state index contributed by atoms with van der Waals surface area (Å²) in [5.74, 6) is 0. The fourth-order valence-electron chi connectivity index (χ4n) is 2.32. The lowest BCUT2D eigenvalue weighted by Crippen LogP contribution is -2.46. The molecule has 3 rings (SSSR count). The van der Waals surface area contributed by atoms with Crippen LogP contribution in [-0.2, 0) is 0 Å². The van der Waals surface area contributed by atoms with Gasteiger partial charge in [-0.25, -0.2) is 4.98 Å². The van der Waals surface area contributed by atoms with E-state index in [1.807, 2.05) is 25.1 Å². The predicted molar refractivity (Wildman–Crippen MR) is 82.7 cm³/mol. The second kappa shape index (κ2) is 5.39. The molecule has 3 nitrogen and oxygen atoms in total. The van der Waals surface area contributed by atoms with Crippen molar-refractivity contribution in [1.29, 1.82) is 0 Å². The van der Waals surface area contributed by atoms with E-state index >= 15 is 0 Å². The van der Waals surface area contributed by atoms with Gasteiger partial charge in [0.05, 0.1) is 5.69 Å². The Bertz CT molecular complexity index is 561. The van der Waals surface area contributed by atoms with Gasteiger partial charge in [-0.3, -0.25) is 0 Å². The minimum Gasteiger partial charge on any atom is -0.368 e. The summed E-state index contributed by atoms with van der Waals surface area (Å²) in [5.41, 5.74) is 2.32. The number of anilines is 2. The van der Waals surface area contributed by atoms with Crippen molar-refractivity contribution in [2.45, 2.75) is 6.92 Å². The molecule has 1 aromatic carbocycles. The van der Waals surface area contributed by atoms with Crippen LogP contribution in [0.2, 0.25) is 5.02 Å². The Balaban J connectivity index is 1.66. The van der Waals surface area contributed by atoms with Gasteiger partial charge in [-0.1, -0.05) is 17.7 Å². The third-order valence-corrected chi connectivity index (χ3v) is 4.58. The third-order valence-electron chi connectivity index (χ3n) is 3.33. The molecular formula is C14H16ClN3S. The molecule has 0 N–H and O–H groups in total. The predicted octanol–water partition coefficient (Wildman–Crippen LogP) is 3.43. The van der Waals surface area contributed by atoms with Crippen LogP contribution < -0.4 is 9.80 Å². The minimum absolute atomic E-state index is 0.801. The molecule has 2 heterocycles. The maximum Gasteiger partial charge on any atom is 0.185 e. The maximum atomic E-state index is 6.05. The standard InChI is InChI=1S/C14H16ClN3S/c1-11-10-19-14(16-11)18-7-5-17(6-8-18)13-4-2-3-12(15)9-13/h2-4,9-10H,5-8H2,1H3. The molecule has 0 aliphatic carbocycles. The highest BCUT2D eigenvalue weighted by Gasteiger charge is 2.19. The van der Waals surface area contributed by atoms with Gasteiger partial charge in [0, 0.05) is 42.3 Å². The zero-order valence-electron chi connectivity index (χ0n) is 10.8. The monoisotopic (exact) mass is 293 g/mol. The second-order valence-electron chi connectivity index (χ2n) is 4.73. The molecule has 0 bridgehead atoms. The zero-order chi connectivity index (χ0) is 13.2. The van der Waals surface area contributed by atoms with E-state index in [0.717, 1.165) is 42.0 Å². The van der Waals surface area contributed by atoms with Crippen LogP contribution in [0, 0.1) is 6.92 Å². The van der Waals surface area contributed by atoms with Crippen molar-refractivity contribution in [2.24, 2.45) is 0 Å². The summed E-state index contributed by atoms with van der Waals surface area (Å²) in [4.78, 5) is 9.29. The van der Waals surface area contributed by atoms with Crippen LogP contribution in [0.3, 0.4) is 0 Å². The highest BCUT2D eigenvalue weighted by molar-refractivity contribution is 7.13. The second-order valence-corrected chi connectivity index (χ2v) is 6.00. The molecular weight excluding hydrogens is 278 g/mol. The molecule has 100 valence electrons. The lowest BCUT2D eigenvalue weighted by atomic mass is 10.2. The van der Waals surface area contributed by atoms with Crippen LogP contribution in [0.1, 0.15) is 5.69 Å². The van der Waals surface area contributed by atoms with Crippen LogP contribution in [0.25, 0.3) is 0 Å². The van der Waals surface area contributed by atoms with E-state index < -0.39 is 0 Å². The molecule has 0 amide bonds. The first-order chi connectivity index (χ1) is 9.22. The molecule has 1 fully saturated rings. The number of nitrogens with zero attached hydrogens (tertiary/aromatic N) is 3. The molecule has 0 spiro atoms. The van der Waals surface area contributed by atoms with Crippen molar-refractivity contribution in [2.75, 3.05) is 36.0 Å². The average molecular weight is 294 g/mol. The molecule has 1 aromatic heterocycles. The van der Waals surface area contributed by atoms with E-state index in [4.69, 9.17) is 11.6 Å². The number of rotatable bonds is 2. The summed E-state index contributed by atoms with van der Waals surface area (Å²) < 4.78 is 0. The molecule has 1 saturated heterocycles. The Labute approximate surface area is 122 Å². The van der Waals surface area contributed by atoms with Gasteiger partial charge < -0.3 is 9.80 Å². The Kier molecular flexibility index (Phi) is 3.62. The first-order valence-corrected chi connectivity index (χ1v) is 7.66. The number of benzene rings is 1. The van der Waals surface area contributed by atoms with Crippen molar-refractivity contribution in [3.05, 3.63) is 40.4 Å². The third kappa shape index (κ3) is 2.85. The summed E-state index contributed by atoms with van der Waals surface area (Å²) in [6, 6.07) is 8.08. The molecule has 0 atom stereocenters. The lowest BCUT2D eigenvalue weighted by molar-refractivity contribution is 0.652. The van der Waals surface area contributed by atoms with E-state index in [1.165, 1.54) is 5.69 Å². The highest BCUT2D eigenvalue weighted by Crippen LogP contribution is 2.24. The van der Waals surface area contributed by atoms with Crippen molar-refractivity contribution in [3.8, 4) is 0 Å². The zero-order valence-corrected chi connectivity index (χ0v) is 12.4. The summed E-state index contributed by atoms with van der Waals surface area (Å²) in [5, 5.41) is 4.05. The Morgan fingerprint density at radius 1 is 1.16 bits per heavy atom. The van der Waals surface area contributed by atoms with E-state index in [0.29, 0.717) is 0 Å². The Morgan fingerprint density at radius 2 is 1.89 bits per heavy atom. The van der Waals surface area contributed by atoms with Crippen LogP contribution in [0.5, 0.6) is 0 Å². The first-order valence-electron chi connectivity index (χ1n) is 6.40. The van der Waals surface area contributed by atoms with Crippen LogP contribution in [0.4, 0.5) is 10.8 Å². The number of aromatic nitrogens is 1. The smallest absolute Gasteiger partial charge is 0.185 e. The molecule has 2 aromatic rings. The molecule has 1 aliphatic rings. The van der Waals surface area contributed by atoms with E-state index in [9.17, 15) is 0 Å². The molecule has 19 heavy (non-hydrogen) atoms. The summed E-state index contributed by atoms with van der Waals surface area (Å²) >= 11 is 7.78. The van der Waals surface area contributed by atoms with Gasteiger partial charge in [0.1, 0.15) is 0 Å². The molecule has 5 heteroatoms. The number of hydrogen-bond acceptors (Lipinski definition) is 4. The normalized spacial score (nSPS) is 15.9. The van der Waals surface area contributed by atoms with Crippen molar-refractivity contribution >= 4 is 33.8 Å². The van der Waals surface area contributed by atoms with Gasteiger partial charge in [0.2, 0.25) is 0 Å². The fraction of sp³-hybridized carbons (Fsp3) is 0.357. The number of thiazole rings is 1.